The van der Waals surface area contributed by atoms with Gasteiger partial charge >= 0.3 is 18.9 Å². The van der Waals surface area contributed by atoms with Crippen molar-refractivity contribution in [2.24, 2.45) is 0 Å². The van der Waals surface area contributed by atoms with Gasteiger partial charge in [0.25, 0.3) is 0 Å². The van der Waals surface area contributed by atoms with Gasteiger partial charge in [0.2, 0.25) is 5.95 Å². The van der Waals surface area contributed by atoms with Crippen molar-refractivity contribution in [3.63, 3.8) is 0 Å². The fourth-order valence-electron chi connectivity index (χ4n) is 2.21. The van der Waals surface area contributed by atoms with Gasteiger partial charge in [0.1, 0.15) is 5.82 Å². The van der Waals surface area contributed by atoms with Crippen LogP contribution in [0.25, 0.3) is 16.8 Å². The molecule has 0 atom stereocenters. The van der Waals surface area contributed by atoms with Gasteiger partial charge in [-0.15, -0.1) is 5.10 Å². The van der Waals surface area contributed by atoms with E-state index in [1.807, 2.05) is 0 Å². The van der Waals surface area contributed by atoms with E-state index in [-0.39, 0.29) is 30.4 Å². The molecule has 0 saturated carbocycles. The summed E-state index contributed by atoms with van der Waals surface area (Å²) in [5.41, 5.74) is 6.44. The number of aromatic nitrogens is 3. The fourth-order valence-corrected chi connectivity index (χ4v) is 2.21. The maximum absolute atomic E-state index is 14.4. The van der Waals surface area contributed by atoms with Gasteiger partial charge in [-0.1, -0.05) is 12.1 Å². The zero-order chi connectivity index (χ0) is 15.1. The van der Waals surface area contributed by atoms with E-state index in [1.54, 1.807) is 18.3 Å². The first-order valence-electron chi connectivity index (χ1n) is 6.10. The van der Waals surface area contributed by atoms with E-state index < -0.39 is 17.3 Å². The van der Waals surface area contributed by atoms with Gasteiger partial charge < -0.3 is 15.6 Å². The van der Waals surface area contributed by atoms with E-state index in [2.05, 4.69) is 10.1 Å². The molecule has 2 aromatic heterocycles. The molecule has 8 heteroatoms. The average molecular weight is 292 g/mol. The van der Waals surface area contributed by atoms with E-state index >= 15 is 0 Å². The molecular formula is C14H10FLiN4O2. The molecule has 0 amide bonds. The molecule has 2 heterocycles. The van der Waals surface area contributed by atoms with E-state index in [1.165, 1.54) is 23.6 Å². The summed E-state index contributed by atoms with van der Waals surface area (Å²) in [6.07, 6.45) is 1.58. The molecule has 0 aliphatic rings. The molecule has 0 bridgehead atoms. The largest absolute Gasteiger partial charge is 1.00 e. The normalized spacial score (nSPS) is 10.5. The van der Waals surface area contributed by atoms with E-state index in [4.69, 9.17) is 5.73 Å². The second-order valence-electron chi connectivity index (χ2n) is 4.59. The molecule has 1 aromatic carbocycles. The molecule has 0 unspecified atom stereocenters. The minimum absolute atomic E-state index is 0. The average Bonchev–Trinajstić information content (AvgIpc) is 2.77. The molecule has 0 saturated heterocycles. The second-order valence-corrected chi connectivity index (χ2v) is 4.59. The van der Waals surface area contributed by atoms with Crippen molar-refractivity contribution < 1.29 is 33.2 Å². The summed E-state index contributed by atoms with van der Waals surface area (Å²) in [6.45, 7) is 1.51. The Morgan fingerprint density at radius 1 is 1.36 bits per heavy atom. The molecule has 3 aromatic rings. The molecule has 6 nitrogen and oxygen atoms in total. The van der Waals surface area contributed by atoms with E-state index in [9.17, 15) is 14.3 Å². The SMILES string of the molecule is Cc1ccc(-c2ccn3nc(N)nc3c2)c(F)c1C(=O)[O-].[Li+]. The number of aryl methyl sites for hydroxylation is 1. The summed E-state index contributed by atoms with van der Waals surface area (Å²) in [6, 6.07) is 6.23. The molecule has 2 N–H and O–H groups in total. The Kier molecular flexibility index (Phi) is 4.22. The first kappa shape index (κ1) is 16.0. The number of hydrogen-bond donors (Lipinski definition) is 1. The molecule has 3 rings (SSSR count). The van der Waals surface area contributed by atoms with Gasteiger partial charge in [0, 0.05) is 17.3 Å². The summed E-state index contributed by atoms with van der Waals surface area (Å²) in [5, 5.41) is 15.0. The van der Waals surface area contributed by atoms with Crippen LogP contribution >= 0.6 is 0 Å². The van der Waals surface area contributed by atoms with E-state index in [0.29, 0.717) is 16.8 Å². The second kappa shape index (κ2) is 5.79. The standard InChI is InChI=1S/C14H11FN4O2.Li/c1-7-2-3-9(12(15)11(7)13(20)21)8-4-5-19-10(6-8)17-14(16)18-19;/h2-6H,1H3,(H2,16,18)(H,20,21);/q;+1/p-1. The van der Waals surface area contributed by atoms with Gasteiger partial charge in [0.15, 0.2) is 5.65 Å². The molecule has 22 heavy (non-hydrogen) atoms. The summed E-state index contributed by atoms with van der Waals surface area (Å²) in [4.78, 5) is 15.0. The Hall–Kier alpha value is -2.36. The number of nitrogen functional groups attached to an aromatic ring is 1. The molecule has 0 radical (unpaired) electrons. The van der Waals surface area contributed by atoms with Crippen molar-refractivity contribution in [2.75, 3.05) is 5.73 Å². The van der Waals surface area contributed by atoms with Gasteiger partial charge in [-0.2, -0.15) is 4.98 Å². The van der Waals surface area contributed by atoms with Crippen molar-refractivity contribution in [2.45, 2.75) is 6.92 Å². The minimum atomic E-state index is -1.54. The van der Waals surface area contributed by atoms with Crippen molar-refractivity contribution in [1.82, 2.24) is 14.6 Å². The first-order chi connectivity index (χ1) is 9.97. The van der Waals surface area contributed by atoms with Gasteiger partial charge in [-0.25, -0.2) is 8.91 Å². The van der Waals surface area contributed by atoms with Crippen LogP contribution in [-0.2, 0) is 0 Å². The van der Waals surface area contributed by atoms with Crippen LogP contribution in [0.4, 0.5) is 10.3 Å². The number of carboxylic acid groups (broad SMARTS) is 1. The number of nitrogens with zero attached hydrogens (tertiary/aromatic N) is 3. The number of carbonyl (C=O) groups excluding carboxylic acids is 1. The summed E-state index contributed by atoms with van der Waals surface area (Å²) >= 11 is 0. The Balaban J connectivity index is 0.00000176. The number of benzene rings is 1. The van der Waals surface area contributed by atoms with Crippen LogP contribution in [0.1, 0.15) is 15.9 Å². The fraction of sp³-hybridized carbons (Fsp3) is 0.0714. The quantitative estimate of drug-likeness (QED) is 0.540. The minimum Gasteiger partial charge on any atom is -0.545 e. The zero-order valence-electron chi connectivity index (χ0n) is 12.0. The van der Waals surface area contributed by atoms with Crippen molar-refractivity contribution in [1.29, 1.82) is 0 Å². The van der Waals surface area contributed by atoms with Crippen molar-refractivity contribution >= 4 is 17.6 Å². The number of pyridine rings is 1. The Morgan fingerprint density at radius 2 is 2.09 bits per heavy atom. The van der Waals surface area contributed by atoms with Crippen molar-refractivity contribution in [3.05, 3.63) is 47.4 Å². The summed E-state index contributed by atoms with van der Waals surface area (Å²) in [5.74, 6) is -2.27. The van der Waals surface area contributed by atoms with Crippen LogP contribution in [0.15, 0.2) is 30.5 Å². The Bertz CT molecular complexity index is 879. The number of nitrogens with two attached hydrogens (primary N) is 1. The number of aromatic carboxylic acids is 1. The Morgan fingerprint density at radius 3 is 2.77 bits per heavy atom. The molecule has 0 spiro atoms. The van der Waals surface area contributed by atoms with Crippen LogP contribution in [0.2, 0.25) is 0 Å². The molecular weight excluding hydrogens is 282 g/mol. The number of carbonyl (C=O) groups is 1. The van der Waals surface area contributed by atoms with Crippen molar-refractivity contribution in [3.8, 4) is 11.1 Å². The molecule has 0 fully saturated rings. The monoisotopic (exact) mass is 292 g/mol. The topological polar surface area (TPSA) is 96.3 Å². The number of anilines is 1. The smallest absolute Gasteiger partial charge is 0.545 e. The third kappa shape index (κ3) is 2.56. The Labute approximate surface area is 137 Å². The summed E-state index contributed by atoms with van der Waals surface area (Å²) in [7, 11) is 0. The molecule has 106 valence electrons. The van der Waals surface area contributed by atoms with Gasteiger partial charge in [-0.3, -0.25) is 0 Å². The predicted octanol–water partition coefficient (Wildman–Crippen LogP) is -2.21. The number of halogens is 1. The number of hydrogen-bond acceptors (Lipinski definition) is 5. The zero-order valence-corrected chi connectivity index (χ0v) is 12.0. The van der Waals surface area contributed by atoms with Crippen LogP contribution < -0.4 is 29.7 Å². The maximum atomic E-state index is 14.4. The molecule has 0 aliphatic heterocycles. The van der Waals surface area contributed by atoms with E-state index in [0.717, 1.165) is 0 Å². The predicted molar refractivity (Wildman–Crippen MR) is 71.9 cm³/mol. The van der Waals surface area contributed by atoms with Crippen LogP contribution in [0.5, 0.6) is 0 Å². The van der Waals surface area contributed by atoms with Crippen LogP contribution in [-0.4, -0.2) is 20.6 Å². The number of fused-ring (bicyclic) bond motifs is 1. The first-order valence-corrected chi connectivity index (χ1v) is 6.10. The maximum Gasteiger partial charge on any atom is 1.00 e. The third-order valence-corrected chi connectivity index (χ3v) is 3.22. The number of rotatable bonds is 2. The van der Waals surface area contributed by atoms with Crippen LogP contribution in [0.3, 0.4) is 0 Å². The van der Waals surface area contributed by atoms with Crippen LogP contribution in [0, 0.1) is 12.7 Å². The third-order valence-electron chi connectivity index (χ3n) is 3.22. The number of carboxylic acids is 1. The summed E-state index contributed by atoms with van der Waals surface area (Å²) < 4.78 is 15.8. The molecule has 0 aliphatic carbocycles. The van der Waals surface area contributed by atoms with Gasteiger partial charge in [-0.05, 0) is 30.2 Å². The van der Waals surface area contributed by atoms with Gasteiger partial charge in [0.05, 0.1) is 5.97 Å².